The molecule has 0 amide bonds. The molecule has 0 radical (unpaired) electrons. The summed E-state index contributed by atoms with van der Waals surface area (Å²) in [6, 6.07) is 12.3. The number of hydrogen-bond acceptors (Lipinski definition) is 5. The van der Waals surface area contributed by atoms with Gasteiger partial charge in [-0.05, 0) is 68.2 Å². The van der Waals surface area contributed by atoms with E-state index in [2.05, 4.69) is 33.8 Å². The number of nitrogens with zero attached hydrogens (tertiary/aromatic N) is 1. The van der Waals surface area contributed by atoms with E-state index >= 15 is 0 Å². The number of ether oxygens (including phenoxy) is 2. The lowest BCUT2D eigenvalue weighted by Gasteiger charge is -2.26. The lowest BCUT2D eigenvalue weighted by atomic mass is 9.96. The number of fused-ring (bicyclic) bond motifs is 1. The summed E-state index contributed by atoms with van der Waals surface area (Å²) in [7, 11) is 0. The van der Waals surface area contributed by atoms with Crippen LogP contribution in [-0.4, -0.2) is 31.4 Å². The summed E-state index contributed by atoms with van der Waals surface area (Å²) >= 11 is 0. The van der Waals surface area contributed by atoms with Crippen LogP contribution < -0.4 is 20.1 Å². The molecule has 0 spiro atoms. The minimum atomic E-state index is 0. The number of pyridine rings is 1. The van der Waals surface area contributed by atoms with Crippen LogP contribution in [0.4, 0.5) is 0 Å². The second-order valence-corrected chi connectivity index (χ2v) is 6.40. The molecule has 0 saturated carbocycles. The molecule has 1 atom stereocenters. The minimum absolute atomic E-state index is 0. The van der Waals surface area contributed by atoms with Crippen LogP contribution in [0.25, 0.3) is 0 Å². The first-order valence-corrected chi connectivity index (χ1v) is 8.65. The molecular weight excluding hydrogens is 338 g/mol. The van der Waals surface area contributed by atoms with Gasteiger partial charge in [-0.2, -0.15) is 0 Å². The van der Waals surface area contributed by atoms with Gasteiger partial charge >= 0.3 is 0 Å². The van der Waals surface area contributed by atoms with E-state index in [0.29, 0.717) is 12.7 Å². The van der Waals surface area contributed by atoms with Crippen molar-refractivity contribution in [1.82, 2.24) is 15.6 Å². The summed E-state index contributed by atoms with van der Waals surface area (Å²) in [4.78, 5) is 4.57. The van der Waals surface area contributed by atoms with E-state index < -0.39 is 0 Å². The van der Waals surface area contributed by atoms with Crippen molar-refractivity contribution in [1.29, 1.82) is 0 Å². The van der Waals surface area contributed by atoms with E-state index in [1.807, 2.05) is 24.4 Å². The normalized spacial score (nSPS) is 17.8. The van der Waals surface area contributed by atoms with Crippen LogP contribution in [0.15, 0.2) is 42.6 Å². The second-order valence-electron chi connectivity index (χ2n) is 6.40. The first kappa shape index (κ1) is 18.0. The van der Waals surface area contributed by atoms with Gasteiger partial charge in [0.25, 0.3) is 0 Å². The Balaban J connectivity index is 0.00000182. The molecule has 6 heteroatoms. The minimum Gasteiger partial charge on any atom is -0.454 e. The summed E-state index contributed by atoms with van der Waals surface area (Å²) in [6.07, 6.45) is 4.30. The van der Waals surface area contributed by atoms with Crippen molar-refractivity contribution in [3.05, 3.63) is 53.9 Å². The molecule has 134 valence electrons. The average Bonchev–Trinajstić information content (AvgIpc) is 3.12. The summed E-state index contributed by atoms with van der Waals surface area (Å²) in [5, 5.41) is 7.15. The van der Waals surface area contributed by atoms with Gasteiger partial charge < -0.3 is 20.1 Å². The molecule has 25 heavy (non-hydrogen) atoms. The Hall–Kier alpha value is -1.82. The Labute approximate surface area is 154 Å². The molecule has 1 aromatic heterocycles. The summed E-state index contributed by atoms with van der Waals surface area (Å²) < 4.78 is 11.0. The lowest BCUT2D eigenvalue weighted by molar-refractivity contribution is 0.174. The van der Waals surface area contributed by atoms with Crippen LogP contribution in [0.5, 0.6) is 11.5 Å². The lowest BCUT2D eigenvalue weighted by Crippen LogP contribution is -2.35. The Morgan fingerprint density at radius 3 is 2.76 bits per heavy atom. The third-order valence-corrected chi connectivity index (χ3v) is 4.78. The molecule has 0 aliphatic carbocycles. The van der Waals surface area contributed by atoms with E-state index in [1.165, 1.54) is 12.8 Å². The van der Waals surface area contributed by atoms with Gasteiger partial charge in [0.2, 0.25) is 6.79 Å². The fourth-order valence-corrected chi connectivity index (χ4v) is 3.40. The second kappa shape index (κ2) is 8.52. The number of nitrogens with one attached hydrogen (secondary N) is 2. The zero-order valence-electron chi connectivity index (χ0n) is 14.1. The molecule has 0 bridgehead atoms. The monoisotopic (exact) mass is 361 g/mol. The molecule has 2 aliphatic rings. The molecule has 1 aromatic carbocycles. The molecule has 5 nitrogen and oxygen atoms in total. The van der Waals surface area contributed by atoms with Crippen LogP contribution in [-0.2, 0) is 0 Å². The van der Waals surface area contributed by atoms with Crippen molar-refractivity contribution < 1.29 is 9.47 Å². The first-order chi connectivity index (χ1) is 11.9. The van der Waals surface area contributed by atoms with Gasteiger partial charge in [0, 0.05) is 6.20 Å². The van der Waals surface area contributed by atoms with Gasteiger partial charge in [-0.3, -0.25) is 4.98 Å². The Kier molecular flexibility index (Phi) is 6.13. The number of piperidine rings is 1. The number of hydrogen-bond donors (Lipinski definition) is 2. The highest BCUT2D eigenvalue weighted by molar-refractivity contribution is 5.85. The summed E-state index contributed by atoms with van der Waals surface area (Å²) in [6.45, 7) is 3.53. The van der Waals surface area contributed by atoms with Crippen molar-refractivity contribution >= 4 is 12.4 Å². The van der Waals surface area contributed by atoms with Crippen molar-refractivity contribution in [2.45, 2.75) is 18.9 Å². The van der Waals surface area contributed by atoms with Gasteiger partial charge in [0.15, 0.2) is 11.5 Å². The van der Waals surface area contributed by atoms with Gasteiger partial charge in [-0.15, -0.1) is 12.4 Å². The van der Waals surface area contributed by atoms with Crippen LogP contribution in [0.1, 0.15) is 30.1 Å². The number of aromatic nitrogens is 1. The molecule has 3 heterocycles. The van der Waals surface area contributed by atoms with E-state index in [0.717, 1.165) is 42.4 Å². The zero-order valence-corrected chi connectivity index (χ0v) is 14.9. The highest BCUT2D eigenvalue weighted by Crippen LogP contribution is 2.35. The highest BCUT2D eigenvalue weighted by Gasteiger charge is 2.21. The smallest absolute Gasteiger partial charge is 0.231 e. The third-order valence-electron chi connectivity index (χ3n) is 4.78. The Bertz CT molecular complexity index is 678. The fraction of sp³-hybridized carbons (Fsp3) is 0.421. The maximum absolute atomic E-state index is 5.54. The van der Waals surface area contributed by atoms with Crippen LogP contribution >= 0.6 is 12.4 Å². The Morgan fingerprint density at radius 1 is 1.12 bits per heavy atom. The van der Waals surface area contributed by atoms with Gasteiger partial charge in [0.05, 0.1) is 11.7 Å². The van der Waals surface area contributed by atoms with Gasteiger partial charge in [0.1, 0.15) is 0 Å². The first-order valence-electron chi connectivity index (χ1n) is 8.65. The van der Waals surface area contributed by atoms with E-state index in [-0.39, 0.29) is 18.4 Å². The summed E-state index contributed by atoms with van der Waals surface area (Å²) in [5.41, 5.74) is 2.19. The zero-order chi connectivity index (χ0) is 16.2. The molecule has 2 aliphatic heterocycles. The average molecular weight is 362 g/mol. The highest BCUT2D eigenvalue weighted by atomic mass is 35.5. The maximum atomic E-state index is 5.54. The quantitative estimate of drug-likeness (QED) is 0.857. The van der Waals surface area contributed by atoms with E-state index in [1.54, 1.807) is 0 Å². The molecule has 2 aromatic rings. The fourth-order valence-electron chi connectivity index (χ4n) is 3.40. The molecule has 2 N–H and O–H groups in total. The number of rotatable bonds is 5. The molecule has 4 rings (SSSR count). The van der Waals surface area contributed by atoms with E-state index in [9.17, 15) is 0 Å². The number of benzene rings is 1. The molecule has 1 fully saturated rings. The van der Waals surface area contributed by atoms with Crippen LogP contribution in [0.3, 0.4) is 0 Å². The van der Waals surface area contributed by atoms with Crippen molar-refractivity contribution in [2.24, 2.45) is 5.92 Å². The molecular formula is C19H24ClN3O2. The predicted molar refractivity (Wildman–Crippen MR) is 99.5 cm³/mol. The third kappa shape index (κ3) is 4.24. The van der Waals surface area contributed by atoms with Crippen molar-refractivity contribution in [3.8, 4) is 11.5 Å². The number of halogens is 1. The Morgan fingerprint density at radius 2 is 1.96 bits per heavy atom. The van der Waals surface area contributed by atoms with Gasteiger partial charge in [-0.1, -0.05) is 12.1 Å². The SMILES string of the molecule is Cl.c1ccc(C(NCC2CCNCC2)c2ccc3c(c2)OCO3)nc1. The summed E-state index contributed by atoms with van der Waals surface area (Å²) in [5.74, 6) is 2.35. The van der Waals surface area contributed by atoms with Gasteiger partial charge in [-0.25, -0.2) is 0 Å². The van der Waals surface area contributed by atoms with Crippen LogP contribution in [0, 0.1) is 5.92 Å². The molecule has 1 unspecified atom stereocenters. The standard InChI is InChI=1S/C19H23N3O2.ClH/c1-2-8-21-16(3-1)19(22-12-14-6-9-20-10-7-14)15-4-5-17-18(11-15)24-13-23-17;/h1-5,8,11,14,19-20,22H,6-7,9-10,12-13H2;1H. The van der Waals surface area contributed by atoms with E-state index in [4.69, 9.17) is 9.47 Å². The van der Waals surface area contributed by atoms with Crippen molar-refractivity contribution in [3.63, 3.8) is 0 Å². The largest absolute Gasteiger partial charge is 0.454 e. The topological polar surface area (TPSA) is 55.4 Å². The maximum Gasteiger partial charge on any atom is 0.231 e. The van der Waals surface area contributed by atoms with Crippen molar-refractivity contribution in [2.75, 3.05) is 26.4 Å². The predicted octanol–water partition coefficient (Wildman–Crippen LogP) is 2.91. The van der Waals surface area contributed by atoms with Crippen LogP contribution in [0.2, 0.25) is 0 Å². The molecule has 1 saturated heterocycles.